The number of primary amides is 2. The maximum atomic E-state index is 12.1. The summed E-state index contributed by atoms with van der Waals surface area (Å²) in [6, 6.07) is 11.9. The number of nitrogens with two attached hydrogens (primary N) is 2. The van der Waals surface area contributed by atoms with Crippen molar-refractivity contribution in [2.45, 2.75) is 32.6 Å². The number of carbonyl (C=O) groups excluding carboxylic acids is 2. The number of anilines is 1. The molecule has 2 amide bonds. The van der Waals surface area contributed by atoms with Gasteiger partial charge in [0.05, 0.1) is 10.7 Å². The van der Waals surface area contributed by atoms with Gasteiger partial charge in [0.25, 0.3) is 5.91 Å². The molecule has 2 aromatic heterocycles. The summed E-state index contributed by atoms with van der Waals surface area (Å²) in [7, 11) is 0. The topological polar surface area (TPSA) is 107 Å². The first-order valence-corrected chi connectivity index (χ1v) is 10.9. The van der Waals surface area contributed by atoms with Crippen LogP contribution in [-0.2, 0) is 17.6 Å². The number of piperidine rings is 1. The lowest BCUT2D eigenvalue weighted by Crippen LogP contribution is -2.38. The highest BCUT2D eigenvalue weighted by Crippen LogP contribution is 2.27. The predicted molar refractivity (Wildman–Crippen MR) is 121 cm³/mol. The van der Waals surface area contributed by atoms with Gasteiger partial charge >= 0.3 is 0 Å². The number of rotatable bonds is 6. The second-order valence-corrected chi connectivity index (χ2v) is 8.36. The number of aromatic nitrogens is 2. The molecule has 4 rings (SSSR count). The highest BCUT2D eigenvalue weighted by Gasteiger charge is 2.23. The van der Waals surface area contributed by atoms with Crippen LogP contribution in [-0.4, -0.2) is 34.3 Å². The van der Waals surface area contributed by atoms with E-state index in [-0.39, 0.29) is 11.8 Å². The van der Waals surface area contributed by atoms with E-state index in [2.05, 4.69) is 34.1 Å². The van der Waals surface area contributed by atoms with Crippen molar-refractivity contribution < 1.29 is 9.59 Å². The zero-order valence-corrected chi connectivity index (χ0v) is 18.2. The number of pyridine rings is 1. The van der Waals surface area contributed by atoms with Crippen LogP contribution in [0.2, 0.25) is 5.02 Å². The van der Waals surface area contributed by atoms with Gasteiger partial charge in [-0.25, -0.2) is 4.98 Å². The average Bonchev–Trinajstić information content (AvgIpc) is 3.15. The number of imidazole rings is 1. The number of amides is 2. The molecule has 1 aromatic carbocycles. The zero-order valence-electron chi connectivity index (χ0n) is 17.5. The van der Waals surface area contributed by atoms with E-state index >= 15 is 0 Å². The third-order valence-electron chi connectivity index (χ3n) is 6.04. The fraction of sp³-hybridized carbons (Fsp3) is 0.348. The van der Waals surface area contributed by atoms with Gasteiger partial charge in [-0.1, -0.05) is 30.7 Å². The molecule has 162 valence electrons. The molecular formula is C23H26ClN5O2. The van der Waals surface area contributed by atoms with Crippen LogP contribution in [0, 0.1) is 5.92 Å². The van der Waals surface area contributed by atoms with Crippen LogP contribution in [0.5, 0.6) is 0 Å². The van der Waals surface area contributed by atoms with E-state index in [0.717, 1.165) is 42.9 Å². The molecule has 0 saturated carbocycles. The molecule has 3 aromatic rings. The van der Waals surface area contributed by atoms with Crippen LogP contribution >= 0.6 is 11.6 Å². The van der Waals surface area contributed by atoms with Gasteiger partial charge < -0.3 is 16.4 Å². The lowest BCUT2D eigenvalue weighted by atomic mass is 9.96. The molecule has 1 aliphatic heterocycles. The molecule has 3 heterocycles. The highest BCUT2D eigenvalue weighted by molar-refractivity contribution is 6.31. The number of fused-ring (bicyclic) bond motifs is 1. The van der Waals surface area contributed by atoms with Crippen molar-refractivity contribution in [2.75, 3.05) is 18.0 Å². The number of carbonyl (C=O) groups is 2. The molecule has 0 atom stereocenters. The van der Waals surface area contributed by atoms with Gasteiger partial charge in [-0.15, -0.1) is 0 Å². The molecular weight excluding hydrogens is 414 g/mol. The van der Waals surface area contributed by atoms with E-state index < -0.39 is 5.91 Å². The summed E-state index contributed by atoms with van der Waals surface area (Å²) in [4.78, 5) is 30.3. The summed E-state index contributed by atoms with van der Waals surface area (Å²) in [6.45, 7) is 3.57. The zero-order chi connectivity index (χ0) is 22.1. The highest BCUT2D eigenvalue weighted by atomic mass is 35.5. The Bertz CT molecular complexity index is 1130. The minimum absolute atomic E-state index is 0.0270. The van der Waals surface area contributed by atoms with Crippen LogP contribution in [0.4, 0.5) is 5.69 Å². The van der Waals surface area contributed by atoms with Gasteiger partial charge in [-0.2, -0.15) is 0 Å². The molecule has 31 heavy (non-hydrogen) atoms. The summed E-state index contributed by atoms with van der Waals surface area (Å²) in [5, 5.41) is 0.563. The quantitative estimate of drug-likeness (QED) is 0.615. The lowest BCUT2D eigenvalue weighted by Gasteiger charge is -2.32. The molecule has 1 fully saturated rings. The van der Waals surface area contributed by atoms with Crippen molar-refractivity contribution in [3.63, 3.8) is 0 Å². The molecule has 8 heteroatoms. The smallest absolute Gasteiger partial charge is 0.267 e. The van der Waals surface area contributed by atoms with E-state index in [1.54, 1.807) is 16.5 Å². The predicted octanol–water partition coefficient (Wildman–Crippen LogP) is 2.94. The maximum absolute atomic E-state index is 12.1. The second kappa shape index (κ2) is 8.59. The van der Waals surface area contributed by atoms with E-state index in [4.69, 9.17) is 23.1 Å². The molecule has 7 nitrogen and oxygen atoms in total. The number of aryl methyl sites for hydroxylation is 1. The Morgan fingerprint density at radius 1 is 1.10 bits per heavy atom. The van der Waals surface area contributed by atoms with Gasteiger partial charge in [0, 0.05) is 36.8 Å². The normalized spacial score (nSPS) is 14.8. The minimum Gasteiger partial charge on any atom is -0.371 e. The lowest BCUT2D eigenvalue weighted by molar-refractivity contribution is -0.122. The Kier molecular flexibility index (Phi) is 5.87. The molecule has 1 saturated heterocycles. The Morgan fingerprint density at radius 3 is 2.35 bits per heavy atom. The standard InChI is InChI=1S/C23H26ClN5O2/c1-2-18-21(23(26)31)29-19(17(24)7-8-20(29)27-18)13-14-3-5-16(6-4-14)28-11-9-15(10-12-28)22(25)30/h3-8,15H,2,9-13H2,1H3,(H2,25,30)(H2,26,31). The first-order valence-electron chi connectivity index (χ1n) is 10.5. The Labute approximate surface area is 186 Å². The molecule has 0 bridgehead atoms. The van der Waals surface area contributed by atoms with Crippen LogP contribution in [0.15, 0.2) is 36.4 Å². The minimum atomic E-state index is -0.512. The number of hydrogen-bond acceptors (Lipinski definition) is 4. The number of nitrogens with zero attached hydrogens (tertiary/aromatic N) is 3. The van der Waals surface area contributed by atoms with E-state index in [1.165, 1.54) is 0 Å². The first kappa shape index (κ1) is 21.2. The fourth-order valence-electron chi connectivity index (χ4n) is 4.32. The van der Waals surface area contributed by atoms with Gasteiger partial charge in [-0.3, -0.25) is 14.0 Å². The van der Waals surface area contributed by atoms with Crippen molar-refractivity contribution in [1.82, 2.24) is 9.38 Å². The van der Waals surface area contributed by atoms with Crippen LogP contribution in [0.1, 0.15) is 47.2 Å². The molecule has 0 radical (unpaired) electrons. The van der Waals surface area contributed by atoms with E-state index in [0.29, 0.717) is 34.9 Å². The van der Waals surface area contributed by atoms with Crippen molar-refractivity contribution >= 4 is 34.7 Å². The van der Waals surface area contributed by atoms with Crippen LogP contribution in [0.25, 0.3) is 5.65 Å². The van der Waals surface area contributed by atoms with Gasteiger partial charge in [0.15, 0.2) is 0 Å². The third-order valence-corrected chi connectivity index (χ3v) is 6.38. The number of halogens is 1. The van der Waals surface area contributed by atoms with E-state index in [9.17, 15) is 9.59 Å². The summed E-state index contributed by atoms with van der Waals surface area (Å²) in [6.07, 6.45) is 2.72. The Morgan fingerprint density at radius 2 is 1.77 bits per heavy atom. The summed E-state index contributed by atoms with van der Waals surface area (Å²) in [5.74, 6) is -0.745. The van der Waals surface area contributed by atoms with Crippen LogP contribution in [0.3, 0.4) is 0 Å². The largest absolute Gasteiger partial charge is 0.371 e. The summed E-state index contributed by atoms with van der Waals surface area (Å²) < 4.78 is 1.78. The third kappa shape index (κ3) is 4.10. The average molecular weight is 440 g/mol. The van der Waals surface area contributed by atoms with Gasteiger partial charge in [0.1, 0.15) is 11.3 Å². The van der Waals surface area contributed by atoms with Gasteiger partial charge in [0.2, 0.25) is 5.91 Å². The van der Waals surface area contributed by atoms with Crippen molar-refractivity contribution in [3.8, 4) is 0 Å². The molecule has 0 unspecified atom stereocenters. The maximum Gasteiger partial charge on any atom is 0.267 e. The Balaban J connectivity index is 1.60. The van der Waals surface area contributed by atoms with Crippen molar-refractivity contribution in [2.24, 2.45) is 17.4 Å². The van der Waals surface area contributed by atoms with Crippen LogP contribution < -0.4 is 16.4 Å². The monoisotopic (exact) mass is 439 g/mol. The number of benzene rings is 1. The molecule has 0 spiro atoms. The molecule has 4 N–H and O–H groups in total. The fourth-order valence-corrected chi connectivity index (χ4v) is 4.54. The summed E-state index contributed by atoms with van der Waals surface area (Å²) in [5.41, 5.74) is 15.8. The molecule has 1 aliphatic rings. The SMILES string of the molecule is CCc1nc2ccc(Cl)c(Cc3ccc(N4CCC(C(N)=O)CC4)cc3)n2c1C(N)=O. The Hall–Kier alpha value is -3.06. The van der Waals surface area contributed by atoms with Gasteiger partial charge in [-0.05, 0) is 49.1 Å². The van der Waals surface area contributed by atoms with Crippen molar-refractivity contribution in [3.05, 3.63) is 64.1 Å². The van der Waals surface area contributed by atoms with E-state index in [1.807, 2.05) is 6.92 Å². The van der Waals surface area contributed by atoms with Crippen molar-refractivity contribution in [1.29, 1.82) is 0 Å². The summed E-state index contributed by atoms with van der Waals surface area (Å²) >= 11 is 6.53. The molecule has 0 aliphatic carbocycles. The first-order chi connectivity index (χ1) is 14.9. The second-order valence-electron chi connectivity index (χ2n) is 7.95. The number of hydrogen-bond donors (Lipinski definition) is 2.